The highest BCUT2D eigenvalue weighted by atomic mass is 16.7. The SMILES string of the molecule is CCCOc1cc(C(CC(=O)OC)NC(=O)c2ccc3c(c2)OCO3)ccc1C. The summed E-state index contributed by atoms with van der Waals surface area (Å²) in [4.78, 5) is 24.8. The fourth-order valence-electron chi connectivity index (χ4n) is 2.98. The Balaban J connectivity index is 1.83. The standard InChI is InChI=1S/C22H25NO6/c1-4-9-27-19-10-15(6-5-14(19)2)17(12-21(24)26-3)23-22(25)16-7-8-18-20(11-16)29-13-28-18/h5-8,10-11,17H,4,9,12-13H2,1-3H3,(H,23,25). The Morgan fingerprint density at radius 3 is 2.69 bits per heavy atom. The highest BCUT2D eigenvalue weighted by Crippen LogP contribution is 2.33. The number of rotatable bonds is 8. The van der Waals surface area contributed by atoms with Crippen LogP contribution in [-0.4, -0.2) is 32.4 Å². The van der Waals surface area contributed by atoms with E-state index in [1.807, 2.05) is 32.0 Å². The van der Waals surface area contributed by atoms with Gasteiger partial charge in [0.2, 0.25) is 6.79 Å². The van der Waals surface area contributed by atoms with E-state index < -0.39 is 12.0 Å². The van der Waals surface area contributed by atoms with E-state index in [1.165, 1.54) is 7.11 Å². The Kier molecular flexibility index (Phi) is 6.59. The zero-order valence-electron chi connectivity index (χ0n) is 16.8. The molecule has 1 amide bonds. The van der Waals surface area contributed by atoms with Crippen LogP contribution in [-0.2, 0) is 9.53 Å². The number of amides is 1. The molecule has 7 nitrogen and oxygen atoms in total. The second-order valence-corrected chi connectivity index (χ2v) is 6.75. The van der Waals surface area contributed by atoms with Gasteiger partial charge in [0.15, 0.2) is 11.5 Å². The first-order chi connectivity index (χ1) is 14.0. The molecule has 0 aromatic heterocycles. The van der Waals surface area contributed by atoms with Crippen molar-refractivity contribution in [3.8, 4) is 17.2 Å². The van der Waals surface area contributed by atoms with Gasteiger partial charge in [-0.25, -0.2) is 0 Å². The van der Waals surface area contributed by atoms with Crippen LogP contribution >= 0.6 is 0 Å². The lowest BCUT2D eigenvalue weighted by Crippen LogP contribution is -2.30. The molecule has 2 aromatic carbocycles. The normalized spacial score (nSPS) is 12.9. The Hall–Kier alpha value is -3.22. The number of carbonyl (C=O) groups is 2. The molecule has 1 aliphatic rings. The molecule has 1 unspecified atom stereocenters. The number of aryl methyl sites for hydroxylation is 1. The van der Waals surface area contributed by atoms with Crippen molar-refractivity contribution in [3.63, 3.8) is 0 Å². The van der Waals surface area contributed by atoms with Crippen molar-refractivity contribution in [2.45, 2.75) is 32.7 Å². The van der Waals surface area contributed by atoms with Gasteiger partial charge in [-0.2, -0.15) is 0 Å². The summed E-state index contributed by atoms with van der Waals surface area (Å²) < 4.78 is 21.2. The van der Waals surface area contributed by atoms with Crippen molar-refractivity contribution in [1.29, 1.82) is 0 Å². The van der Waals surface area contributed by atoms with E-state index in [1.54, 1.807) is 18.2 Å². The highest BCUT2D eigenvalue weighted by Gasteiger charge is 2.22. The minimum atomic E-state index is -0.565. The number of fused-ring (bicyclic) bond motifs is 1. The summed E-state index contributed by atoms with van der Waals surface area (Å²) in [6.07, 6.45) is 0.888. The summed E-state index contributed by atoms with van der Waals surface area (Å²) in [6.45, 7) is 4.71. The van der Waals surface area contributed by atoms with Gasteiger partial charge >= 0.3 is 5.97 Å². The Bertz CT molecular complexity index is 895. The third-order valence-corrected chi connectivity index (χ3v) is 4.61. The average molecular weight is 399 g/mol. The van der Waals surface area contributed by atoms with Crippen LogP contribution in [0.25, 0.3) is 0 Å². The molecule has 2 aromatic rings. The maximum atomic E-state index is 12.8. The van der Waals surface area contributed by atoms with Crippen molar-refractivity contribution in [1.82, 2.24) is 5.32 Å². The van der Waals surface area contributed by atoms with Crippen molar-refractivity contribution in [3.05, 3.63) is 53.1 Å². The monoisotopic (exact) mass is 399 g/mol. The summed E-state index contributed by atoms with van der Waals surface area (Å²) in [5, 5.41) is 2.92. The minimum Gasteiger partial charge on any atom is -0.493 e. The van der Waals surface area contributed by atoms with E-state index in [2.05, 4.69) is 5.32 Å². The molecule has 0 saturated heterocycles. The van der Waals surface area contributed by atoms with Gasteiger partial charge in [0.05, 0.1) is 26.2 Å². The molecule has 0 bridgehead atoms. The molecule has 7 heteroatoms. The number of hydrogen-bond acceptors (Lipinski definition) is 6. The summed E-state index contributed by atoms with van der Waals surface area (Å²) in [5.74, 6) is 1.11. The van der Waals surface area contributed by atoms with E-state index >= 15 is 0 Å². The second kappa shape index (κ2) is 9.32. The molecule has 3 rings (SSSR count). The maximum Gasteiger partial charge on any atom is 0.307 e. The molecule has 0 saturated carbocycles. The maximum absolute atomic E-state index is 12.8. The van der Waals surface area contributed by atoms with Gasteiger partial charge in [-0.1, -0.05) is 19.1 Å². The lowest BCUT2D eigenvalue weighted by Gasteiger charge is -2.20. The zero-order valence-corrected chi connectivity index (χ0v) is 16.8. The number of esters is 1. The van der Waals surface area contributed by atoms with E-state index in [-0.39, 0.29) is 19.1 Å². The van der Waals surface area contributed by atoms with Crippen molar-refractivity contribution < 1.29 is 28.5 Å². The smallest absolute Gasteiger partial charge is 0.307 e. The molecule has 0 fully saturated rings. The number of carbonyl (C=O) groups excluding carboxylic acids is 2. The van der Waals surface area contributed by atoms with Crippen LogP contribution in [0.15, 0.2) is 36.4 Å². The average Bonchev–Trinajstić information content (AvgIpc) is 3.20. The van der Waals surface area contributed by atoms with Crippen LogP contribution in [0, 0.1) is 6.92 Å². The molecule has 0 radical (unpaired) electrons. The largest absolute Gasteiger partial charge is 0.493 e. The lowest BCUT2D eigenvalue weighted by molar-refractivity contribution is -0.141. The molecule has 0 aliphatic carbocycles. The predicted octanol–water partition coefficient (Wildman–Crippen LogP) is 3.55. The van der Waals surface area contributed by atoms with Crippen LogP contribution in [0.3, 0.4) is 0 Å². The summed E-state index contributed by atoms with van der Waals surface area (Å²) >= 11 is 0. The van der Waals surface area contributed by atoms with E-state index in [0.717, 1.165) is 23.3 Å². The topological polar surface area (TPSA) is 83.1 Å². The number of methoxy groups -OCH3 is 1. The van der Waals surface area contributed by atoms with Crippen LogP contribution in [0.1, 0.15) is 47.3 Å². The van der Waals surface area contributed by atoms with Gasteiger partial charge in [-0.05, 0) is 48.7 Å². The van der Waals surface area contributed by atoms with E-state index in [4.69, 9.17) is 18.9 Å². The van der Waals surface area contributed by atoms with Crippen molar-refractivity contribution in [2.24, 2.45) is 0 Å². The first kappa shape index (κ1) is 20.5. The fourth-order valence-corrected chi connectivity index (χ4v) is 2.98. The van der Waals surface area contributed by atoms with Gasteiger partial charge in [0.1, 0.15) is 5.75 Å². The number of hydrogen-bond donors (Lipinski definition) is 1. The van der Waals surface area contributed by atoms with Crippen molar-refractivity contribution in [2.75, 3.05) is 20.5 Å². The van der Waals surface area contributed by atoms with Crippen LogP contribution < -0.4 is 19.5 Å². The summed E-state index contributed by atoms with van der Waals surface area (Å²) in [6, 6.07) is 10.1. The van der Waals surface area contributed by atoms with Crippen LogP contribution in [0.4, 0.5) is 0 Å². The number of benzene rings is 2. The first-order valence-electron chi connectivity index (χ1n) is 9.52. The Morgan fingerprint density at radius 1 is 1.14 bits per heavy atom. The Labute approximate surface area is 169 Å². The van der Waals surface area contributed by atoms with Gasteiger partial charge < -0.3 is 24.3 Å². The molecule has 154 valence electrons. The quantitative estimate of drug-likeness (QED) is 0.684. The van der Waals surface area contributed by atoms with Gasteiger partial charge in [0, 0.05) is 5.56 Å². The molecule has 1 aliphatic heterocycles. The van der Waals surface area contributed by atoms with Crippen molar-refractivity contribution >= 4 is 11.9 Å². The molecule has 1 N–H and O–H groups in total. The molecular formula is C22H25NO6. The fraction of sp³-hybridized carbons (Fsp3) is 0.364. The van der Waals surface area contributed by atoms with Gasteiger partial charge in [0.25, 0.3) is 5.91 Å². The highest BCUT2D eigenvalue weighted by molar-refractivity contribution is 5.95. The third-order valence-electron chi connectivity index (χ3n) is 4.61. The molecule has 1 heterocycles. The third kappa shape index (κ3) is 4.99. The van der Waals surface area contributed by atoms with Gasteiger partial charge in [-0.3, -0.25) is 9.59 Å². The lowest BCUT2D eigenvalue weighted by atomic mass is 10.0. The molecular weight excluding hydrogens is 374 g/mol. The predicted molar refractivity (Wildman–Crippen MR) is 106 cm³/mol. The minimum absolute atomic E-state index is 0.00305. The van der Waals surface area contributed by atoms with Crippen LogP contribution in [0.2, 0.25) is 0 Å². The summed E-state index contributed by atoms with van der Waals surface area (Å²) in [7, 11) is 1.32. The first-order valence-corrected chi connectivity index (χ1v) is 9.52. The number of ether oxygens (including phenoxy) is 4. The van der Waals surface area contributed by atoms with Crippen LogP contribution in [0.5, 0.6) is 17.2 Å². The van der Waals surface area contributed by atoms with E-state index in [0.29, 0.717) is 23.7 Å². The molecule has 0 spiro atoms. The zero-order chi connectivity index (χ0) is 20.8. The van der Waals surface area contributed by atoms with Gasteiger partial charge in [-0.15, -0.1) is 0 Å². The van der Waals surface area contributed by atoms with E-state index in [9.17, 15) is 9.59 Å². The summed E-state index contributed by atoms with van der Waals surface area (Å²) in [5.41, 5.74) is 2.17. The molecule has 29 heavy (non-hydrogen) atoms. The Morgan fingerprint density at radius 2 is 1.93 bits per heavy atom. The number of nitrogens with one attached hydrogen (secondary N) is 1. The second-order valence-electron chi connectivity index (χ2n) is 6.75. The molecule has 1 atom stereocenters.